The standard InChI is InChI=1S/C11H15N3O4/c1-11(2,3)9(18)14-10-12-6(5-8(16)17)4-7(15)13-10/h4H,5H2,1-3H3,(H,16,17)(H2,12,13,14,15,18). The molecule has 0 aromatic carbocycles. The zero-order valence-electron chi connectivity index (χ0n) is 10.4. The van der Waals surface area contributed by atoms with Crippen molar-refractivity contribution in [2.24, 2.45) is 5.41 Å². The molecule has 0 bridgehead atoms. The van der Waals surface area contributed by atoms with Crippen LogP contribution in [-0.2, 0) is 16.0 Å². The van der Waals surface area contributed by atoms with Gasteiger partial charge in [-0.25, -0.2) is 4.98 Å². The molecular weight excluding hydrogens is 238 g/mol. The van der Waals surface area contributed by atoms with Gasteiger partial charge in [0.05, 0.1) is 12.1 Å². The van der Waals surface area contributed by atoms with Crippen molar-refractivity contribution in [2.45, 2.75) is 27.2 Å². The Morgan fingerprint density at radius 3 is 2.56 bits per heavy atom. The molecule has 0 aliphatic heterocycles. The first-order valence-electron chi connectivity index (χ1n) is 5.32. The topological polar surface area (TPSA) is 112 Å². The third-order valence-electron chi connectivity index (χ3n) is 2.04. The zero-order chi connectivity index (χ0) is 13.9. The number of amides is 1. The molecular formula is C11H15N3O4. The van der Waals surface area contributed by atoms with Crippen LogP contribution in [0.25, 0.3) is 0 Å². The minimum atomic E-state index is -1.10. The third kappa shape index (κ3) is 4.00. The first-order chi connectivity index (χ1) is 8.18. The lowest BCUT2D eigenvalue weighted by Crippen LogP contribution is -2.29. The third-order valence-corrected chi connectivity index (χ3v) is 2.04. The molecule has 1 aromatic heterocycles. The predicted molar refractivity (Wildman–Crippen MR) is 64.3 cm³/mol. The average Bonchev–Trinajstić information content (AvgIpc) is 2.13. The van der Waals surface area contributed by atoms with E-state index >= 15 is 0 Å². The van der Waals surface area contributed by atoms with E-state index in [9.17, 15) is 14.4 Å². The van der Waals surface area contributed by atoms with Crippen LogP contribution in [0.1, 0.15) is 26.5 Å². The molecule has 1 amide bonds. The Kier molecular flexibility index (Phi) is 3.85. The quantitative estimate of drug-likeness (QED) is 0.721. The summed E-state index contributed by atoms with van der Waals surface area (Å²) >= 11 is 0. The van der Waals surface area contributed by atoms with Gasteiger partial charge in [0, 0.05) is 11.5 Å². The van der Waals surface area contributed by atoms with Crippen molar-refractivity contribution in [3.63, 3.8) is 0 Å². The number of anilines is 1. The SMILES string of the molecule is CC(C)(C)C(=O)Nc1nc(CC(=O)O)cc(=O)[nH]1. The fraction of sp³-hybridized carbons (Fsp3) is 0.455. The van der Waals surface area contributed by atoms with Crippen LogP contribution in [-0.4, -0.2) is 27.0 Å². The van der Waals surface area contributed by atoms with Crippen molar-refractivity contribution in [2.75, 3.05) is 5.32 Å². The van der Waals surface area contributed by atoms with Crippen molar-refractivity contribution >= 4 is 17.8 Å². The molecule has 7 heteroatoms. The number of nitrogens with zero attached hydrogens (tertiary/aromatic N) is 1. The maximum absolute atomic E-state index is 11.7. The molecule has 98 valence electrons. The predicted octanol–water partition coefficient (Wildman–Crippen LogP) is 0.382. The largest absolute Gasteiger partial charge is 0.481 e. The van der Waals surface area contributed by atoms with Gasteiger partial charge in [0.15, 0.2) is 0 Å². The number of carbonyl (C=O) groups is 2. The van der Waals surface area contributed by atoms with E-state index in [1.807, 2.05) is 0 Å². The Morgan fingerprint density at radius 2 is 2.06 bits per heavy atom. The highest BCUT2D eigenvalue weighted by Gasteiger charge is 2.22. The van der Waals surface area contributed by atoms with Gasteiger partial charge in [0.2, 0.25) is 11.9 Å². The summed E-state index contributed by atoms with van der Waals surface area (Å²) < 4.78 is 0. The molecule has 18 heavy (non-hydrogen) atoms. The van der Waals surface area contributed by atoms with Crippen LogP contribution in [0.4, 0.5) is 5.95 Å². The summed E-state index contributed by atoms with van der Waals surface area (Å²) in [6, 6.07) is 1.08. The summed E-state index contributed by atoms with van der Waals surface area (Å²) in [6.45, 7) is 5.13. The number of rotatable bonds is 3. The molecule has 0 saturated carbocycles. The maximum Gasteiger partial charge on any atom is 0.309 e. The van der Waals surface area contributed by atoms with Gasteiger partial charge in [0.25, 0.3) is 5.56 Å². The molecule has 0 unspecified atom stereocenters. The number of carboxylic acid groups (broad SMARTS) is 1. The molecule has 0 aliphatic rings. The lowest BCUT2D eigenvalue weighted by Gasteiger charge is -2.16. The Bertz CT molecular complexity index is 528. The smallest absolute Gasteiger partial charge is 0.309 e. The summed E-state index contributed by atoms with van der Waals surface area (Å²) in [5.41, 5.74) is -1.05. The summed E-state index contributed by atoms with van der Waals surface area (Å²) in [4.78, 5) is 39.7. The lowest BCUT2D eigenvalue weighted by atomic mass is 9.96. The number of aromatic nitrogens is 2. The van der Waals surface area contributed by atoms with Crippen LogP contribution in [0.3, 0.4) is 0 Å². The van der Waals surface area contributed by atoms with Gasteiger partial charge >= 0.3 is 5.97 Å². The molecule has 3 N–H and O–H groups in total. The van der Waals surface area contributed by atoms with Crippen molar-refractivity contribution in [3.05, 3.63) is 22.1 Å². The van der Waals surface area contributed by atoms with Crippen molar-refractivity contribution in [1.82, 2.24) is 9.97 Å². The van der Waals surface area contributed by atoms with E-state index < -0.39 is 16.9 Å². The second-order valence-corrected chi connectivity index (χ2v) is 4.86. The summed E-state index contributed by atoms with van der Waals surface area (Å²) in [5, 5.41) is 11.1. The van der Waals surface area contributed by atoms with Crippen LogP contribution >= 0.6 is 0 Å². The first-order valence-corrected chi connectivity index (χ1v) is 5.32. The van der Waals surface area contributed by atoms with Crippen molar-refractivity contribution in [1.29, 1.82) is 0 Å². The van der Waals surface area contributed by atoms with E-state index in [1.54, 1.807) is 20.8 Å². The molecule has 0 aliphatic carbocycles. The van der Waals surface area contributed by atoms with Crippen LogP contribution in [0.5, 0.6) is 0 Å². The molecule has 7 nitrogen and oxygen atoms in total. The van der Waals surface area contributed by atoms with Gasteiger partial charge in [-0.3, -0.25) is 24.7 Å². The molecule has 0 fully saturated rings. The van der Waals surface area contributed by atoms with Crippen LogP contribution in [0.15, 0.2) is 10.9 Å². The van der Waals surface area contributed by atoms with E-state index in [0.717, 1.165) is 6.07 Å². The highest BCUT2D eigenvalue weighted by molar-refractivity contribution is 5.93. The summed E-state index contributed by atoms with van der Waals surface area (Å²) in [5.74, 6) is -1.46. The highest BCUT2D eigenvalue weighted by atomic mass is 16.4. The van der Waals surface area contributed by atoms with Crippen LogP contribution in [0, 0.1) is 5.41 Å². The van der Waals surface area contributed by atoms with Crippen LogP contribution in [0.2, 0.25) is 0 Å². The molecule has 1 aromatic rings. The number of H-pyrrole nitrogens is 1. The Hall–Kier alpha value is -2.18. The molecule has 0 atom stereocenters. The number of hydrogen-bond donors (Lipinski definition) is 3. The molecule has 0 radical (unpaired) electrons. The normalized spacial score (nSPS) is 11.1. The number of hydrogen-bond acceptors (Lipinski definition) is 4. The average molecular weight is 253 g/mol. The minimum absolute atomic E-state index is 0.0429. The van der Waals surface area contributed by atoms with E-state index in [2.05, 4.69) is 15.3 Å². The van der Waals surface area contributed by atoms with E-state index in [-0.39, 0.29) is 24.0 Å². The van der Waals surface area contributed by atoms with E-state index in [0.29, 0.717) is 0 Å². The van der Waals surface area contributed by atoms with Crippen molar-refractivity contribution in [3.8, 4) is 0 Å². The van der Waals surface area contributed by atoms with Gasteiger partial charge in [-0.2, -0.15) is 0 Å². The van der Waals surface area contributed by atoms with Gasteiger partial charge < -0.3 is 5.11 Å². The number of aliphatic carboxylic acids is 1. The number of carbonyl (C=O) groups excluding carboxylic acids is 1. The van der Waals surface area contributed by atoms with Crippen LogP contribution < -0.4 is 10.9 Å². The lowest BCUT2D eigenvalue weighted by molar-refractivity contribution is -0.136. The van der Waals surface area contributed by atoms with Gasteiger partial charge in [-0.05, 0) is 0 Å². The van der Waals surface area contributed by atoms with Gasteiger partial charge in [0.1, 0.15) is 0 Å². The maximum atomic E-state index is 11.7. The second-order valence-electron chi connectivity index (χ2n) is 4.86. The molecule has 1 heterocycles. The summed E-state index contributed by atoms with van der Waals surface area (Å²) in [6.07, 6.45) is -0.373. The fourth-order valence-electron chi connectivity index (χ4n) is 1.11. The highest BCUT2D eigenvalue weighted by Crippen LogP contribution is 2.14. The fourth-order valence-corrected chi connectivity index (χ4v) is 1.11. The monoisotopic (exact) mass is 253 g/mol. The van der Waals surface area contributed by atoms with Crippen molar-refractivity contribution < 1.29 is 14.7 Å². The minimum Gasteiger partial charge on any atom is -0.481 e. The summed E-state index contributed by atoms with van der Waals surface area (Å²) in [7, 11) is 0. The number of aromatic amines is 1. The Morgan fingerprint density at radius 1 is 1.44 bits per heavy atom. The Balaban J connectivity index is 2.97. The van der Waals surface area contributed by atoms with E-state index in [1.165, 1.54) is 0 Å². The first kappa shape index (κ1) is 13.9. The number of nitrogens with one attached hydrogen (secondary N) is 2. The molecule has 0 spiro atoms. The zero-order valence-corrected chi connectivity index (χ0v) is 10.4. The second kappa shape index (κ2) is 4.99. The Labute approximate surface area is 103 Å². The molecule has 0 saturated heterocycles. The van der Waals surface area contributed by atoms with Gasteiger partial charge in [-0.1, -0.05) is 20.8 Å². The molecule has 1 rings (SSSR count). The van der Waals surface area contributed by atoms with E-state index in [4.69, 9.17) is 5.11 Å². The van der Waals surface area contributed by atoms with Gasteiger partial charge in [-0.15, -0.1) is 0 Å². The number of carboxylic acids is 1.